The molecule has 2 aliphatic carbocycles. The number of benzene rings is 2. The topological polar surface area (TPSA) is 217 Å². The maximum Gasteiger partial charge on any atom is 0.258 e. The van der Waals surface area contributed by atoms with Crippen LogP contribution in [0.25, 0.3) is 44.1 Å². The second-order valence-electron chi connectivity index (χ2n) is 28.4. The highest BCUT2D eigenvalue weighted by molar-refractivity contribution is 6.76. The number of imidazole rings is 2. The number of carbonyl (C=O) groups excluding carboxylic acids is 4. The Morgan fingerprint density at radius 1 is 0.609 bits per heavy atom. The summed E-state index contributed by atoms with van der Waals surface area (Å²) >= 11 is 0. The molecular formula is C72H100N10O9Si. The number of ketones is 2. The minimum absolute atomic E-state index is 0.0150. The number of rotatable bonds is 19. The van der Waals surface area contributed by atoms with Gasteiger partial charge in [-0.2, -0.15) is 0 Å². The van der Waals surface area contributed by atoms with E-state index in [2.05, 4.69) is 55.7 Å². The molecule has 4 atom stereocenters. The zero-order chi connectivity index (χ0) is 64.4. The molecule has 0 unspecified atom stereocenters. The van der Waals surface area contributed by atoms with Crippen LogP contribution in [0.15, 0.2) is 82.9 Å². The number of aromatic amines is 1. The third kappa shape index (κ3) is 16.5. The average Bonchev–Trinajstić information content (AvgIpc) is 1.58. The van der Waals surface area contributed by atoms with Gasteiger partial charge < -0.3 is 53.3 Å². The molecule has 20 heteroatoms. The molecule has 16 heterocycles. The number of hydrogen-bond acceptors (Lipinski definition) is 13. The molecule has 496 valence electrons. The van der Waals surface area contributed by atoms with E-state index in [1.54, 1.807) is 9.13 Å². The highest BCUT2D eigenvalue weighted by atomic mass is 28.3. The number of H-pyrrole nitrogens is 1. The van der Waals surface area contributed by atoms with Gasteiger partial charge in [0.15, 0.2) is 0 Å². The number of unbranched alkanes of at least 4 members (excludes halogenated alkanes) is 4. The summed E-state index contributed by atoms with van der Waals surface area (Å²) in [5.74, 6) is 2.53. The van der Waals surface area contributed by atoms with Crippen molar-refractivity contribution in [2.45, 2.75) is 187 Å². The minimum Gasteiger partial charge on any atom is -0.378 e. The lowest BCUT2D eigenvalue weighted by Crippen LogP contribution is -2.39. The van der Waals surface area contributed by atoms with Crippen molar-refractivity contribution in [1.29, 1.82) is 0 Å². The first-order valence-corrected chi connectivity index (χ1v) is 38.4. The van der Waals surface area contributed by atoms with Crippen LogP contribution in [-0.4, -0.2) is 142 Å². The predicted octanol–water partition coefficient (Wildman–Crippen LogP) is 11.0. The van der Waals surface area contributed by atoms with Gasteiger partial charge in [0, 0.05) is 113 Å². The maximum absolute atomic E-state index is 14.0. The van der Waals surface area contributed by atoms with Crippen LogP contribution in [0, 0.1) is 22.7 Å². The Morgan fingerprint density at radius 3 is 1.66 bits per heavy atom. The van der Waals surface area contributed by atoms with Crippen molar-refractivity contribution in [3.05, 3.63) is 106 Å². The molecule has 2 saturated heterocycles. The van der Waals surface area contributed by atoms with Crippen LogP contribution in [-0.2, 0) is 53.2 Å². The van der Waals surface area contributed by atoms with Crippen LogP contribution < -0.4 is 21.8 Å². The average molecular weight is 1280 g/mol. The standard InChI is InChI=1S/C39H57N5O5Si.C33H43N5O4/c1-5-31(45)9-7-6-8-10-34-36-40-27-35(44(36)28-49-23-24-50(2,3)4)30-11-12-32-29(25-30)13-16-43(38(32)47)20-22-48-21-19-42-17-14-39(15-18-42)26-33(39)37(46)41-34;1-2-25(39)6-4-3-5-7-28-30-34-22-29(35-30)24-8-9-26-23(20-24)10-13-38(32(26)41)17-19-42-18-16-37-14-11-33(12-15-37)21-27(33)31(40)36-28/h11-13,16,25,27,33-34H,5-10,14-15,17-24,26,28H2,1-4H3,(H,41,46);8-10,13,20,22,27-28H,2-7,11-12,14-19,21H2,1H3,(H,34,35)(H,36,40)/t33-,34+;27-,28+/m11/s1. The van der Waals surface area contributed by atoms with Gasteiger partial charge in [-0.25, -0.2) is 9.97 Å². The lowest BCUT2D eigenvalue weighted by molar-refractivity contribution is -0.125. The van der Waals surface area contributed by atoms with E-state index < -0.39 is 8.07 Å². The molecule has 14 aliphatic rings. The Bertz CT molecular complexity index is 3660. The van der Waals surface area contributed by atoms with Crippen molar-refractivity contribution in [1.82, 2.24) is 49.1 Å². The van der Waals surface area contributed by atoms with Crippen molar-refractivity contribution in [2.24, 2.45) is 22.7 Å². The fourth-order valence-corrected chi connectivity index (χ4v) is 15.3. The van der Waals surface area contributed by atoms with Crippen molar-refractivity contribution in [3.8, 4) is 22.5 Å². The SMILES string of the molecule is CCC(=O)CCCCC[C@@H]1NC(=O)[C@H]2CC23CCN(CCOCCn2ccc4cc(ccc4c2=O)-c2cnc1[nH]2)CC3.CCC(=O)CCCCC[C@@H]1NC(=O)[C@H]2CC23CCN(CCOCCn2ccc4cc(ccc4c2=O)-c2cnc1n2COCC[Si](C)(C)C)CC3. The molecule has 12 aliphatic heterocycles. The lowest BCUT2D eigenvalue weighted by atomic mass is 9.90. The quantitative estimate of drug-likeness (QED) is 0.0509. The van der Waals surface area contributed by atoms with E-state index in [0.717, 1.165) is 180 Å². The summed E-state index contributed by atoms with van der Waals surface area (Å²) in [6, 6.07) is 16.3. The van der Waals surface area contributed by atoms with E-state index in [0.29, 0.717) is 101 Å². The number of carbonyl (C=O) groups is 4. The molecule has 16 bridgehead atoms. The molecular weight excluding hydrogens is 1180 g/mol. The normalized spacial score (nSPS) is 25.1. The number of piperidine rings is 2. The van der Waals surface area contributed by atoms with E-state index in [-0.39, 0.29) is 57.7 Å². The zero-order valence-electron chi connectivity index (χ0n) is 55.4. The molecule has 2 aromatic carbocycles. The molecule has 4 aromatic heterocycles. The van der Waals surface area contributed by atoms with Gasteiger partial charge in [0.05, 0.1) is 62.3 Å². The Morgan fingerprint density at radius 2 is 1.12 bits per heavy atom. The van der Waals surface area contributed by atoms with E-state index in [9.17, 15) is 28.8 Å². The second-order valence-corrected chi connectivity index (χ2v) is 34.1. The smallest absolute Gasteiger partial charge is 0.258 e. The number of Topliss-reactive ketones (excluding diaryl/α,β-unsaturated/α-hetero) is 2. The van der Waals surface area contributed by atoms with Gasteiger partial charge in [-0.1, -0.05) is 71.3 Å². The fourth-order valence-electron chi connectivity index (χ4n) is 14.5. The molecule has 6 aromatic rings. The zero-order valence-corrected chi connectivity index (χ0v) is 56.4. The van der Waals surface area contributed by atoms with Crippen molar-refractivity contribution in [3.63, 3.8) is 0 Å². The lowest BCUT2D eigenvalue weighted by Gasteiger charge is -2.32. The Labute approximate surface area is 543 Å². The van der Waals surface area contributed by atoms with Gasteiger partial charge >= 0.3 is 0 Å². The number of nitrogens with one attached hydrogen (secondary N) is 3. The summed E-state index contributed by atoms with van der Waals surface area (Å²) in [5, 5.41) is 9.93. The van der Waals surface area contributed by atoms with E-state index in [4.69, 9.17) is 24.2 Å². The van der Waals surface area contributed by atoms with Gasteiger partial charge in [-0.05, 0) is 154 Å². The van der Waals surface area contributed by atoms with E-state index in [1.807, 2.05) is 81.1 Å². The number of pyridine rings is 2. The Balaban J connectivity index is 0.000000191. The predicted molar refractivity (Wildman–Crippen MR) is 362 cm³/mol. The Hall–Kier alpha value is -6.42. The largest absolute Gasteiger partial charge is 0.378 e. The van der Waals surface area contributed by atoms with Gasteiger partial charge in [-0.3, -0.25) is 28.8 Å². The summed E-state index contributed by atoms with van der Waals surface area (Å²) in [4.78, 5) is 96.0. The van der Waals surface area contributed by atoms with Crippen molar-refractivity contribution >= 4 is 53.0 Å². The molecule has 2 spiro atoms. The van der Waals surface area contributed by atoms with Gasteiger partial charge in [-0.15, -0.1) is 0 Å². The molecule has 4 fully saturated rings. The van der Waals surface area contributed by atoms with Gasteiger partial charge in [0.2, 0.25) is 11.8 Å². The summed E-state index contributed by atoms with van der Waals surface area (Å²) < 4.78 is 23.8. The van der Waals surface area contributed by atoms with Gasteiger partial charge in [0.25, 0.3) is 11.1 Å². The minimum atomic E-state index is -1.30. The van der Waals surface area contributed by atoms with Crippen LogP contribution in [0.2, 0.25) is 25.7 Å². The highest BCUT2D eigenvalue weighted by Crippen LogP contribution is 2.60. The van der Waals surface area contributed by atoms with Crippen LogP contribution in [0.1, 0.15) is 153 Å². The molecule has 2 saturated carbocycles. The first kappa shape index (κ1) is 67.0. The number of aromatic nitrogens is 6. The van der Waals surface area contributed by atoms with Crippen molar-refractivity contribution < 1.29 is 33.4 Å². The van der Waals surface area contributed by atoms with Crippen LogP contribution in [0.5, 0.6) is 0 Å². The molecule has 92 heavy (non-hydrogen) atoms. The summed E-state index contributed by atoms with van der Waals surface area (Å²) in [7, 11) is -1.30. The molecule has 19 nitrogen and oxygen atoms in total. The highest BCUT2D eigenvalue weighted by Gasteiger charge is 2.59. The van der Waals surface area contributed by atoms with Crippen molar-refractivity contribution in [2.75, 3.05) is 72.3 Å². The fraction of sp³-hybridized carbons (Fsp3) is 0.611. The Kier molecular flexibility index (Phi) is 22.1. The number of amides is 2. The maximum atomic E-state index is 14.0. The van der Waals surface area contributed by atoms with Crippen LogP contribution >= 0.6 is 0 Å². The van der Waals surface area contributed by atoms with Crippen LogP contribution in [0.3, 0.4) is 0 Å². The second kappa shape index (κ2) is 30.3. The third-order valence-corrected chi connectivity index (χ3v) is 22.7. The number of hydrogen-bond donors (Lipinski definition) is 3. The number of nitrogens with zero attached hydrogens (tertiary/aromatic N) is 7. The molecule has 0 radical (unpaired) electrons. The van der Waals surface area contributed by atoms with E-state index in [1.165, 1.54) is 0 Å². The third-order valence-electron chi connectivity index (χ3n) is 21.0. The molecule has 20 rings (SSSR count). The summed E-state index contributed by atoms with van der Waals surface area (Å²) in [5.41, 5.74) is 3.83. The monoisotopic (exact) mass is 1280 g/mol. The molecule has 2 amide bonds. The summed E-state index contributed by atoms with van der Waals surface area (Å²) in [6.45, 7) is 20.8. The first-order valence-electron chi connectivity index (χ1n) is 34.7. The van der Waals surface area contributed by atoms with E-state index >= 15 is 0 Å². The molecule has 3 N–H and O–H groups in total. The van der Waals surface area contributed by atoms with Gasteiger partial charge in [0.1, 0.15) is 29.9 Å². The summed E-state index contributed by atoms with van der Waals surface area (Å²) in [6.07, 6.45) is 22.8. The van der Waals surface area contributed by atoms with Crippen LogP contribution in [0.4, 0.5) is 0 Å². The number of ether oxygens (including phenoxy) is 3. The first-order chi connectivity index (χ1) is 44.5.